The van der Waals surface area contributed by atoms with Crippen LogP contribution in [0.15, 0.2) is 24.3 Å². The summed E-state index contributed by atoms with van der Waals surface area (Å²) in [4.78, 5) is 25.2. The number of thioether (sulfide) groups is 1. The number of hydrogen-bond donors (Lipinski definition) is 1. The highest BCUT2D eigenvalue weighted by Crippen LogP contribution is 2.32. The first-order valence-corrected chi connectivity index (χ1v) is 8.04. The Bertz CT molecular complexity index is 536. The predicted molar refractivity (Wildman–Crippen MR) is 82.9 cm³/mol. The lowest BCUT2D eigenvalue weighted by Gasteiger charge is -2.24. The third kappa shape index (κ3) is 4.14. The normalized spacial score (nSPS) is 17.4. The molecule has 1 unspecified atom stereocenters. The van der Waals surface area contributed by atoms with E-state index < -0.39 is 5.56 Å². The SMILES string of the molecule is COc1ccccc1OC1SCCN1C(=O)CC(=O)CCO. The van der Waals surface area contributed by atoms with Crippen LogP contribution < -0.4 is 9.47 Å². The number of hydrogen-bond acceptors (Lipinski definition) is 6. The van der Waals surface area contributed by atoms with Crippen molar-refractivity contribution < 1.29 is 24.2 Å². The van der Waals surface area contributed by atoms with Crippen LogP contribution in [0.5, 0.6) is 11.5 Å². The summed E-state index contributed by atoms with van der Waals surface area (Å²) in [6.45, 7) is 0.303. The Morgan fingerprint density at radius 2 is 2.09 bits per heavy atom. The lowest BCUT2D eigenvalue weighted by molar-refractivity contribution is -0.138. The zero-order chi connectivity index (χ0) is 15.9. The van der Waals surface area contributed by atoms with E-state index in [9.17, 15) is 9.59 Å². The van der Waals surface area contributed by atoms with Crippen molar-refractivity contribution in [2.45, 2.75) is 18.4 Å². The number of ketones is 1. The van der Waals surface area contributed by atoms with Crippen molar-refractivity contribution >= 4 is 23.5 Å². The smallest absolute Gasteiger partial charge is 0.233 e. The van der Waals surface area contributed by atoms with Crippen LogP contribution in [0.4, 0.5) is 0 Å². The maximum absolute atomic E-state index is 12.2. The van der Waals surface area contributed by atoms with Gasteiger partial charge in [0.15, 0.2) is 11.5 Å². The summed E-state index contributed by atoms with van der Waals surface area (Å²) in [5.74, 6) is 1.37. The van der Waals surface area contributed by atoms with Crippen molar-refractivity contribution in [2.75, 3.05) is 26.0 Å². The number of nitrogens with zero attached hydrogens (tertiary/aromatic N) is 1. The summed E-state index contributed by atoms with van der Waals surface area (Å²) in [5.41, 5.74) is -0.467. The van der Waals surface area contributed by atoms with Gasteiger partial charge in [0.05, 0.1) is 13.5 Å². The van der Waals surface area contributed by atoms with Gasteiger partial charge in [0.1, 0.15) is 5.78 Å². The largest absolute Gasteiger partial charge is 0.493 e. The molecule has 0 aromatic heterocycles. The van der Waals surface area contributed by atoms with Crippen molar-refractivity contribution in [1.29, 1.82) is 0 Å². The number of amides is 1. The van der Waals surface area contributed by atoms with Gasteiger partial charge in [-0.1, -0.05) is 23.9 Å². The molecular formula is C15H19NO5S. The molecule has 1 fully saturated rings. The average molecular weight is 325 g/mol. The Morgan fingerprint density at radius 1 is 1.36 bits per heavy atom. The summed E-state index contributed by atoms with van der Waals surface area (Å²) in [6.07, 6.45) is -0.197. The zero-order valence-corrected chi connectivity index (χ0v) is 13.2. The van der Waals surface area contributed by atoms with E-state index in [2.05, 4.69) is 0 Å². The maximum Gasteiger partial charge on any atom is 0.233 e. The number of aliphatic hydroxyl groups is 1. The van der Waals surface area contributed by atoms with E-state index in [-0.39, 0.29) is 31.1 Å². The van der Waals surface area contributed by atoms with Gasteiger partial charge < -0.3 is 14.6 Å². The van der Waals surface area contributed by atoms with Gasteiger partial charge in [0.2, 0.25) is 11.5 Å². The van der Waals surface area contributed by atoms with E-state index in [4.69, 9.17) is 14.6 Å². The third-order valence-corrected chi connectivity index (χ3v) is 4.26. The van der Waals surface area contributed by atoms with E-state index in [0.29, 0.717) is 18.0 Å². The van der Waals surface area contributed by atoms with Gasteiger partial charge in [-0.15, -0.1) is 0 Å². The van der Waals surface area contributed by atoms with Crippen LogP contribution in [-0.4, -0.2) is 53.3 Å². The summed E-state index contributed by atoms with van der Waals surface area (Å²) >= 11 is 1.50. The van der Waals surface area contributed by atoms with Crippen molar-refractivity contribution in [3.05, 3.63) is 24.3 Å². The van der Waals surface area contributed by atoms with Crippen molar-refractivity contribution in [3.8, 4) is 11.5 Å². The minimum Gasteiger partial charge on any atom is -0.493 e. The molecule has 1 saturated heterocycles. The number of carbonyl (C=O) groups excluding carboxylic acids is 2. The molecule has 1 aliphatic rings. The van der Waals surface area contributed by atoms with Crippen LogP contribution in [-0.2, 0) is 9.59 Å². The standard InChI is InChI=1S/C15H19NO5S/c1-20-12-4-2-3-5-13(12)21-15-16(7-9-22-15)14(19)10-11(18)6-8-17/h2-5,15,17H,6-10H2,1H3. The molecule has 0 bridgehead atoms. The van der Waals surface area contributed by atoms with Crippen LogP contribution in [0.2, 0.25) is 0 Å². The summed E-state index contributed by atoms with van der Waals surface area (Å²) in [6, 6.07) is 7.22. The molecule has 1 aromatic carbocycles. The Hall–Kier alpha value is -1.73. The molecule has 1 aliphatic heterocycles. The highest BCUT2D eigenvalue weighted by atomic mass is 32.2. The van der Waals surface area contributed by atoms with Gasteiger partial charge in [-0.25, -0.2) is 0 Å². The highest BCUT2D eigenvalue weighted by Gasteiger charge is 2.32. The number of methoxy groups -OCH3 is 1. The lowest BCUT2D eigenvalue weighted by atomic mass is 10.2. The van der Waals surface area contributed by atoms with Crippen molar-refractivity contribution in [2.24, 2.45) is 0 Å². The van der Waals surface area contributed by atoms with Crippen LogP contribution in [0.1, 0.15) is 12.8 Å². The number of carbonyl (C=O) groups is 2. The molecule has 0 aliphatic carbocycles. The van der Waals surface area contributed by atoms with E-state index >= 15 is 0 Å². The average Bonchev–Trinajstić information content (AvgIpc) is 2.96. The number of ether oxygens (including phenoxy) is 2. The minimum absolute atomic E-state index is 0.00472. The Balaban J connectivity index is 2.01. The fraction of sp³-hybridized carbons (Fsp3) is 0.467. The van der Waals surface area contributed by atoms with Gasteiger partial charge >= 0.3 is 0 Å². The fourth-order valence-electron chi connectivity index (χ4n) is 2.10. The Morgan fingerprint density at radius 3 is 2.77 bits per heavy atom. The van der Waals surface area contributed by atoms with Crippen LogP contribution in [0, 0.1) is 0 Å². The quantitative estimate of drug-likeness (QED) is 0.761. The molecule has 1 aromatic rings. The Kier molecular flexibility index (Phi) is 6.09. The number of benzene rings is 1. The highest BCUT2D eigenvalue weighted by molar-refractivity contribution is 8.00. The molecule has 1 N–H and O–H groups in total. The topological polar surface area (TPSA) is 76.1 Å². The maximum atomic E-state index is 12.2. The molecule has 0 saturated carbocycles. The summed E-state index contributed by atoms with van der Waals surface area (Å²) in [7, 11) is 1.56. The molecule has 1 heterocycles. The van der Waals surface area contributed by atoms with Gasteiger partial charge in [-0.3, -0.25) is 14.5 Å². The minimum atomic E-state index is -0.467. The van der Waals surface area contributed by atoms with Gasteiger partial charge in [-0.2, -0.15) is 0 Å². The van der Waals surface area contributed by atoms with E-state index in [1.807, 2.05) is 12.1 Å². The zero-order valence-electron chi connectivity index (χ0n) is 12.4. The second-order valence-corrected chi connectivity index (χ2v) is 5.87. The number of Topliss-reactive ketones (excluding diaryl/α,β-unsaturated/α-hetero) is 1. The molecule has 1 atom stereocenters. The van der Waals surface area contributed by atoms with Gasteiger partial charge in [-0.05, 0) is 12.1 Å². The predicted octanol–water partition coefficient (Wildman–Crippen LogP) is 1.27. The van der Waals surface area contributed by atoms with Crippen LogP contribution >= 0.6 is 11.8 Å². The van der Waals surface area contributed by atoms with Crippen molar-refractivity contribution in [1.82, 2.24) is 4.90 Å². The molecule has 22 heavy (non-hydrogen) atoms. The Labute approximate surface area is 133 Å². The summed E-state index contributed by atoms with van der Waals surface area (Å²) in [5, 5.41) is 8.73. The second-order valence-electron chi connectivity index (χ2n) is 4.72. The molecular weight excluding hydrogens is 306 g/mol. The summed E-state index contributed by atoms with van der Waals surface area (Å²) < 4.78 is 11.1. The molecule has 0 radical (unpaired) electrons. The fourth-order valence-corrected chi connectivity index (χ4v) is 3.17. The third-order valence-electron chi connectivity index (χ3n) is 3.20. The molecule has 1 amide bonds. The van der Waals surface area contributed by atoms with Crippen LogP contribution in [0.3, 0.4) is 0 Å². The van der Waals surface area contributed by atoms with Crippen molar-refractivity contribution in [3.63, 3.8) is 0 Å². The number of para-hydroxylation sites is 2. The molecule has 2 rings (SSSR count). The lowest BCUT2D eigenvalue weighted by Crippen LogP contribution is -2.39. The molecule has 120 valence electrons. The van der Waals surface area contributed by atoms with Gasteiger partial charge in [0.25, 0.3) is 0 Å². The second kappa shape index (κ2) is 8.05. The first kappa shape index (κ1) is 16.6. The van der Waals surface area contributed by atoms with E-state index in [1.54, 1.807) is 24.1 Å². The van der Waals surface area contributed by atoms with Gasteiger partial charge in [0, 0.05) is 25.3 Å². The first-order valence-electron chi connectivity index (χ1n) is 6.99. The van der Waals surface area contributed by atoms with E-state index in [1.165, 1.54) is 11.8 Å². The van der Waals surface area contributed by atoms with E-state index in [0.717, 1.165) is 5.75 Å². The molecule has 0 spiro atoms. The number of aliphatic hydroxyl groups excluding tert-OH is 1. The number of rotatable bonds is 7. The van der Waals surface area contributed by atoms with Crippen LogP contribution in [0.25, 0.3) is 0 Å². The molecule has 7 heteroatoms. The molecule has 6 nitrogen and oxygen atoms in total. The first-order chi connectivity index (χ1) is 10.7. The monoisotopic (exact) mass is 325 g/mol.